The fourth-order valence-corrected chi connectivity index (χ4v) is 2.35. The minimum atomic E-state index is 0.194. The van der Waals surface area contributed by atoms with Crippen molar-refractivity contribution < 1.29 is 9.53 Å². The third-order valence-corrected chi connectivity index (χ3v) is 3.54. The Morgan fingerprint density at radius 3 is 2.94 bits per heavy atom. The van der Waals surface area contributed by atoms with Gasteiger partial charge in [-0.15, -0.1) is 0 Å². The molecule has 0 aromatic rings. The zero-order valence-electron chi connectivity index (χ0n) is 11.2. The standard InChI is InChI=1S/C13H26N2O2/c1-11(14)12-6-5-8-15(10-12)13(16)7-3-4-9-17-2/h11-12H,3-10,14H2,1-2H3. The molecule has 0 aliphatic carbocycles. The number of rotatable bonds is 6. The molecule has 0 aromatic carbocycles. The van der Waals surface area contributed by atoms with Gasteiger partial charge in [-0.1, -0.05) is 0 Å². The van der Waals surface area contributed by atoms with E-state index in [0.29, 0.717) is 12.3 Å². The molecule has 1 aliphatic heterocycles. The van der Waals surface area contributed by atoms with Gasteiger partial charge in [0, 0.05) is 39.3 Å². The van der Waals surface area contributed by atoms with Crippen molar-refractivity contribution >= 4 is 5.91 Å². The monoisotopic (exact) mass is 242 g/mol. The summed E-state index contributed by atoms with van der Waals surface area (Å²) in [6, 6.07) is 0.194. The van der Waals surface area contributed by atoms with Crippen molar-refractivity contribution in [1.29, 1.82) is 0 Å². The Bertz CT molecular complexity index is 231. The third-order valence-electron chi connectivity index (χ3n) is 3.54. The molecule has 0 aromatic heterocycles. The minimum absolute atomic E-state index is 0.194. The zero-order chi connectivity index (χ0) is 12.7. The fourth-order valence-electron chi connectivity index (χ4n) is 2.35. The van der Waals surface area contributed by atoms with E-state index in [0.717, 1.165) is 45.4 Å². The second kappa shape index (κ2) is 7.67. The van der Waals surface area contributed by atoms with Crippen molar-refractivity contribution in [2.24, 2.45) is 11.7 Å². The van der Waals surface area contributed by atoms with Crippen molar-refractivity contribution in [2.45, 2.75) is 45.1 Å². The van der Waals surface area contributed by atoms with Crippen LogP contribution in [0.15, 0.2) is 0 Å². The molecule has 1 fully saturated rings. The van der Waals surface area contributed by atoms with E-state index < -0.39 is 0 Å². The van der Waals surface area contributed by atoms with Gasteiger partial charge < -0.3 is 15.4 Å². The lowest BCUT2D eigenvalue weighted by Gasteiger charge is -2.34. The molecule has 1 aliphatic rings. The molecule has 0 radical (unpaired) electrons. The van der Waals surface area contributed by atoms with Gasteiger partial charge in [-0.2, -0.15) is 0 Å². The van der Waals surface area contributed by atoms with Crippen LogP contribution in [-0.2, 0) is 9.53 Å². The van der Waals surface area contributed by atoms with Gasteiger partial charge in [0.1, 0.15) is 0 Å². The number of piperidine rings is 1. The summed E-state index contributed by atoms with van der Waals surface area (Å²) < 4.78 is 4.98. The molecule has 0 saturated carbocycles. The Labute approximate surface area is 104 Å². The van der Waals surface area contributed by atoms with Crippen molar-refractivity contribution in [3.63, 3.8) is 0 Å². The summed E-state index contributed by atoms with van der Waals surface area (Å²) in [4.78, 5) is 14.0. The van der Waals surface area contributed by atoms with Gasteiger partial charge in [-0.25, -0.2) is 0 Å². The molecule has 1 heterocycles. The van der Waals surface area contributed by atoms with Crippen LogP contribution in [0.3, 0.4) is 0 Å². The predicted octanol–water partition coefficient (Wildman–Crippen LogP) is 1.39. The van der Waals surface area contributed by atoms with Gasteiger partial charge >= 0.3 is 0 Å². The first-order valence-electron chi connectivity index (χ1n) is 6.67. The fraction of sp³-hybridized carbons (Fsp3) is 0.923. The van der Waals surface area contributed by atoms with Crippen LogP contribution in [0.5, 0.6) is 0 Å². The number of hydrogen-bond donors (Lipinski definition) is 1. The van der Waals surface area contributed by atoms with Crippen molar-refractivity contribution in [1.82, 2.24) is 4.90 Å². The van der Waals surface area contributed by atoms with Crippen LogP contribution in [0.4, 0.5) is 0 Å². The maximum atomic E-state index is 12.0. The summed E-state index contributed by atoms with van der Waals surface area (Å²) in [6.45, 7) is 4.54. The molecule has 4 nitrogen and oxygen atoms in total. The molecular formula is C13H26N2O2. The number of ether oxygens (including phenoxy) is 1. The Kier molecular flexibility index (Phi) is 6.52. The van der Waals surface area contributed by atoms with Gasteiger partial charge in [0.05, 0.1) is 0 Å². The number of nitrogens with two attached hydrogens (primary N) is 1. The summed E-state index contributed by atoms with van der Waals surface area (Å²) in [6.07, 6.45) is 4.79. The number of carbonyl (C=O) groups is 1. The van der Waals surface area contributed by atoms with E-state index in [4.69, 9.17) is 10.5 Å². The zero-order valence-corrected chi connectivity index (χ0v) is 11.2. The molecular weight excluding hydrogens is 216 g/mol. The van der Waals surface area contributed by atoms with Crippen LogP contribution in [0, 0.1) is 5.92 Å². The van der Waals surface area contributed by atoms with Crippen molar-refractivity contribution in [3.05, 3.63) is 0 Å². The number of methoxy groups -OCH3 is 1. The molecule has 4 heteroatoms. The molecule has 0 spiro atoms. The Balaban J connectivity index is 2.26. The van der Waals surface area contributed by atoms with Gasteiger partial charge in [0.15, 0.2) is 0 Å². The number of likely N-dealkylation sites (tertiary alicyclic amines) is 1. The van der Waals surface area contributed by atoms with Gasteiger partial charge in [0.2, 0.25) is 5.91 Å². The van der Waals surface area contributed by atoms with Crippen molar-refractivity contribution in [2.75, 3.05) is 26.8 Å². The molecule has 0 bridgehead atoms. The number of amides is 1. The molecule has 17 heavy (non-hydrogen) atoms. The minimum Gasteiger partial charge on any atom is -0.385 e. The first-order chi connectivity index (χ1) is 8.15. The highest BCUT2D eigenvalue weighted by molar-refractivity contribution is 5.76. The number of nitrogens with zero attached hydrogens (tertiary/aromatic N) is 1. The van der Waals surface area contributed by atoms with Crippen LogP contribution >= 0.6 is 0 Å². The summed E-state index contributed by atoms with van der Waals surface area (Å²) in [5.41, 5.74) is 5.91. The van der Waals surface area contributed by atoms with E-state index in [1.54, 1.807) is 7.11 Å². The normalized spacial score (nSPS) is 22.5. The molecule has 1 amide bonds. The summed E-state index contributed by atoms with van der Waals surface area (Å²) in [5.74, 6) is 0.762. The smallest absolute Gasteiger partial charge is 0.222 e. The summed E-state index contributed by atoms with van der Waals surface area (Å²) >= 11 is 0. The van der Waals surface area contributed by atoms with E-state index >= 15 is 0 Å². The first-order valence-corrected chi connectivity index (χ1v) is 6.67. The molecule has 1 saturated heterocycles. The highest BCUT2D eigenvalue weighted by atomic mass is 16.5. The lowest BCUT2D eigenvalue weighted by Crippen LogP contribution is -2.45. The third kappa shape index (κ3) is 5.04. The van der Waals surface area contributed by atoms with Crippen LogP contribution in [0.25, 0.3) is 0 Å². The lowest BCUT2D eigenvalue weighted by atomic mass is 9.92. The Morgan fingerprint density at radius 2 is 2.29 bits per heavy atom. The van der Waals surface area contributed by atoms with Crippen LogP contribution in [0.2, 0.25) is 0 Å². The highest BCUT2D eigenvalue weighted by Crippen LogP contribution is 2.19. The lowest BCUT2D eigenvalue weighted by molar-refractivity contribution is -0.133. The van der Waals surface area contributed by atoms with Crippen LogP contribution in [0.1, 0.15) is 39.0 Å². The summed E-state index contributed by atoms with van der Waals surface area (Å²) in [5, 5.41) is 0. The van der Waals surface area contributed by atoms with Gasteiger partial charge in [-0.3, -0.25) is 4.79 Å². The SMILES string of the molecule is COCCCCC(=O)N1CCCC(C(C)N)C1. The summed E-state index contributed by atoms with van der Waals surface area (Å²) in [7, 11) is 1.69. The van der Waals surface area contributed by atoms with E-state index in [-0.39, 0.29) is 11.9 Å². The van der Waals surface area contributed by atoms with E-state index in [9.17, 15) is 4.79 Å². The quantitative estimate of drug-likeness (QED) is 0.716. The second-order valence-corrected chi connectivity index (χ2v) is 5.05. The van der Waals surface area contributed by atoms with Gasteiger partial charge in [0.25, 0.3) is 0 Å². The number of carbonyl (C=O) groups excluding carboxylic acids is 1. The molecule has 2 unspecified atom stereocenters. The van der Waals surface area contributed by atoms with E-state index in [1.165, 1.54) is 0 Å². The highest BCUT2D eigenvalue weighted by Gasteiger charge is 2.25. The number of unbranched alkanes of at least 4 members (excludes halogenated alkanes) is 1. The average molecular weight is 242 g/mol. The number of hydrogen-bond acceptors (Lipinski definition) is 3. The molecule has 2 N–H and O–H groups in total. The van der Waals surface area contributed by atoms with E-state index in [2.05, 4.69) is 0 Å². The average Bonchev–Trinajstić information content (AvgIpc) is 2.34. The molecule has 100 valence electrons. The van der Waals surface area contributed by atoms with E-state index in [1.807, 2.05) is 11.8 Å². The Hall–Kier alpha value is -0.610. The molecule has 2 atom stereocenters. The second-order valence-electron chi connectivity index (χ2n) is 5.05. The Morgan fingerprint density at radius 1 is 1.53 bits per heavy atom. The van der Waals surface area contributed by atoms with Gasteiger partial charge in [-0.05, 0) is 38.5 Å². The van der Waals surface area contributed by atoms with Crippen LogP contribution < -0.4 is 5.73 Å². The molecule has 1 rings (SSSR count). The topological polar surface area (TPSA) is 55.6 Å². The maximum absolute atomic E-state index is 12.0. The van der Waals surface area contributed by atoms with Crippen LogP contribution in [-0.4, -0.2) is 43.7 Å². The maximum Gasteiger partial charge on any atom is 0.222 e. The largest absolute Gasteiger partial charge is 0.385 e. The predicted molar refractivity (Wildman–Crippen MR) is 68.7 cm³/mol. The van der Waals surface area contributed by atoms with Crippen molar-refractivity contribution in [3.8, 4) is 0 Å². The first kappa shape index (κ1) is 14.5.